The van der Waals surface area contributed by atoms with E-state index in [1.807, 2.05) is 36.1 Å². The predicted octanol–water partition coefficient (Wildman–Crippen LogP) is 3.48. The van der Waals surface area contributed by atoms with Gasteiger partial charge >= 0.3 is 12.0 Å². The molecular formula is C22H26N2O4. The SMILES string of the molecule is COc1ccc(C(=O)O)cc1CC1CCN(C(=O)NCc2ccc(C)cc2)C1. The van der Waals surface area contributed by atoms with Crippen LogP contribution in [0.4, 0.5) is 4.79 Å². The number of carbonyl (C=O) groups is 2. The molecule has 0 saturated carbocycles. The molecule has 148 valence electrons. The van der Waals surface area contributed by atoms with Crippen molar-refractivity contribution in [1.29, 1.82) is 0 Å². The van der Waals surface area contributed by atoms with Gasteiger partial charge in [0, 0.05) is 19.6 Å². The van der Waals surface area contributed by atoms with Gasteiger partial charge in [0.05, 0.1) is 12.7 Å². The molecule has 0 aliphatic carbocycles. The normalized spacial score (nSPS) is 16.1. The summed E-state index contributed by atoms with van der Waals surface area (Å²) in [7, 11) is 1.58. The third-order valence-corrected chi connectivity index (χ3v) is 5.17. The molecule has 1 heterocycles. The molecule has 3 rings (SSSR count). The van der Waals surface area contributed by atoms with Gasteiger partial charge in [-0.2, -0.15) is 0 Å². The van der Waals surface area contributed by atoms with E-state index in [0.717, 1.165) is 17.5 Å². The Hall–Kier alpha value is -3.02. The highest BCUT2D eigenvalue weighted by molar-refractivity contribution is 5.88. The van der Waals surface area contributed by atoms with Crippen LogP contribution in [0, 0.1) is 12.8 Å². The van der Waals surface area contributed by atoms with E-state index in [0.29, 0.717) is 31.8 Å². The lowest BCUT2D eigenvalue weighted by atomic mass is 9.96. The maximum Gasteiger partial charge on any atom is 0.335 e. The number of hydrogen-bond donors (Lipinski definition) is 2. The average molecular weight is 382 g/mol. The predicted molar refractivity (Wildman–Crippen MR) is 107 cm³/mol. The summed E-state index contributed by atoms with van der Waals surface area (Å²) in [4.78, 5) is 25.5. The molecule has 2 aromatic rings. The van der Waals surface area contributed by atoms with Gasteiger partial charge in [-0.3, -0.25) is 0 Å². The van der Waals surface area contributed by atoms with Crippen LogP contribution in [-0.2, 0) is 13.0 Å². The lowest BCUT2D eigenvalue weighted by Gasteiger charge is -2.18. The van der Waals surface area contributed by atoms with Crippen molar-refractivity contribution >= 4 is 12.0 Å². The number of amides is 2. The topological polar surface area (TPSA) is 78.9 Å². The van der Waals surface area contributed by atoms with Gasteiger partial charge in [-0.15, -0.1) is 0 Å². The maximum absolute atomic E-state index is 12.5. The lowest BCUT2D eigenvalue weighted by Crippen LogP contribution is -2.38. The van der Waals surface area contributed by atoms with E-state index in [4.69, 9.17) is 4.74 Å². The molecule has 2 N–H and O–H groups in total. The van der Waals surface area contributed by atoms with Crippen LogP contribution in [0.5, 0.6) is 5.75 Å². The highest BCUT2D eigenvalue weighted by atomic mass is 16.5. The van der Waals surface area contributed by atoms with Crippen molar-refractivity contribution in [2.45, 2.75) is 26.3 Å². The Bertz CT molecular complexity index is 848. The van der Waals surface area contributed by atoms with E-state index >= 15 is 0 Å². The first kappa shape index (κ1) is 19.7. The van der Waals surface area contributed by atoms with Gasteiger partial charge in [0.15, 0.2) is 0 Å². The number of carboxylic acids is 1. The summed E-state index contributed by atoms with van der Waals surface area (Å²) >= 11 is 0. The number of benzene rings is 2. The van der Waals surface area contributed by atoms with Crippen LogP contribution in [0.25, 0.3) is 0 Å². The Labute approximate surface area is 165 Å². The maximum atomic E-state index is 12.5. The fourth-order valence-corrected chi connectivity index (χ4v) is 3.56. The number of methoxy groups -OCH3 is 1. The third-order valence-electron chi connectivity index (χ3n) is 5.17. The monoisotopic (exact) mass is 382 g/mol. The molecule has 1 atom stereocenters. The number of hydrogen-bond acceptors (Lipinski definition) is 3. The molecule has 1 saturated heterocycles. The number of ether oxygens (including phenoxy) is 1. The van der Waals surface area contributed by atoms with Crippen LogP contribution in [0.1, 0.15) is 33.5 Å². The number of nitrogens with one attached hydrogen (secondary N) is 1. The Balaban J connectivity index is 1.56. The summed E-state index contributed by atoms with van der Waals surface area (Å²) in [5, 5.41) is 12.2. The van der Waals surface area contributed by atoms with Gasteiger partial charge in [-0.25, -0.2) is 9.59 Å². The molecular weight excluding hydrogens is 356 g/mol. The zero-order valence-electron chi connectivity index (χ0n) is 16.3. The van der Waals surface area contributed by atoms with Crippen LogP contribution < -0.4 is 10.1 Å². The first-order valence-corrected chi connectivity index (χ1v) is 9.45. The quantitative estimate of drug-likeness (QED) is 0.802. The van der Waals surface area contributed by atoms with Gasteiger partial charge in [0.25, 0.3) is 0 Å². The molecule has 1 unspecified atom stereocenters. The third kappa shape index (κ3) is 4.82. The minimum atomic E-state index is -0.951. The molecule has 0 aromatic heterocycles. The number of carboxylic acid groups (broad SMARTS) is 1. The first-order valence-electron chi connectivity index (χ1n) is 9.45. The van der Waals surface area contributed by atoms with Crippen molar-refractivity contribution < 1.29 is 19.4 Å². The van der Waals surface area contributed by atoms with E-state index in [9.17, 15) is 14.7 Å². The summed E-state index contributed by atoms with van der Waals surface area (Å²) in [5.41, 5.74) is 3.39. The number of nitrogens with zero attached hydrogens (tertiary/aromatic N) is 1. The molecule has 6 nitrogen and oxygen atoms in total. The summed E-state index contributed by atoms with van der Waals surface area (Å²) in [5.74, 6) is 0.0165. The lowest BCUT2D eigenvalue weighted by molar-refractivity contribution is 0.0696. The summed E-state index contributed by atoms with van der Waals surface area (Å²) in [6.45, 7) is 3.90. The molecule has 0 spiro atoms. The molecule has 6 heteroatoms. The molecule has 28 heavy (non-hydrogen) atoms. The molecule has 2 aromatic carbocycles. The fourth-order valence-electron chi connectivity index (χ4n) is 3.56. The Kier molecular flexibility index (Phi) is 6.19. The van der Waals surface area contributed by atoms with Crippen LogP contribution in [-0.4, -0.2) is 42.2 Å². The second kappa shape index (κ2) is 8.78. The van der Waals surface area contributed by atoms with Crippen molar-refractivity contribution in [2.75, 3.05) is 20.2 Å². The summed E-state index contributed by atoms with van der Waals surface area (Å²) < 4.78 is 5.37. The minimum Gasteiger partial charge on any atom is -0.496 e. The molecule has 0 bridgehead atoms. The molecule has 1 fully saturated rings. The fraction of sp³-hybridized carbons (Fsp3) is 0.364. The number of aromatic carboxylic acids is 1. The Morgan fingerprint density at radius 2 is 1.96 bits per heavy atom. The zero-order valence-corrected chi connectivity index (χ0v) is 16.3. The van der Waals surface area contributed by atoms with Crippen molar-refractivity contribution in [3.63, 3.8) is 0 Å². The van der Waals surface area contributed by atoms with Crippen molar-refractivity contribution in [1.82, 2.24) is 10.2 Å². The van der Waals surface area contributed by atoms with E-state index in [2.05, 4.69) is 5.32 Å². The average Bonchev–Trinajstić information content (AvgIpc) is 3.16. The number of rotatable bonds is 6. The van der Waals surface area contributed by atoms with Crippen LogP contribution >= 0.6 is 0 Å². The van der Waals surface area contributed by atoms with Crippen molar-refractivity contribution in [3.8, 4) is 5.75 Å². The number of carbonyl (C=O) groups excluding carboxylic acids is 1. The highest BCUT2D eigenvalue weighted by Gasteiger charge is 2.27. The second-order valence-corrected chi connectivity index (χ2v) is 7.28. The van der Waals surface area contributed by atoms with Crippen LogP contribution in [0.3, 0.4) is 0 Å². The summed E-state index contributed by atoms with van der Waals surface area (Å²) in [6.07, 6.45) is 1.57. The van der Waals surface area contributed by atoms with Crippen LogP contribution in [0.15, 0.2) is 42.5 Å². The van der Waals surface area contributed by atoms with Gasteiger partial charge < -0.3 is 20.1 Å². The number of aryl methyl sites for hydroxylation is 1. The van der Waals surface area contributed by atoms with Gasteiger partial charge in [0.2, 0.25) is 0 Å². The molecule has 1 aliphatic heterocycles. The van der Waals surface area contributed by atoms with Crippen LogP contribution in [0.2, 0.25) is 0 Å². The Morgan fingerprint density at radius 3 is 2.64 bits per heavy atom. The number of urea groups is 1. The standard InChI is InChI=1S/C22H26N2O4/c1-15-3-5-16(6-4-15)13-23-22(27)24-10-9-17(14-24)11-19-12-18(21(25)26)7-8-20(19)28-2/h3-8,12,17H,9-11,13-14H2,1-2H3,(H,23,27)(H,25,26). The van der Waals surface area contributed by atoms with E-state index in [-0.39, 0.29) is 17.5 Å². The Morgan fingerprint density at radius 1 is 1.21 bits per heavy atom. The van der Waals surface area contributed by atoms with Gasteiger partial charge in [-0.1, -0.05) is 29.8 Å². The highest BCUT2D eigenvalue weighted by Crippen LogP contribution is 2.27. The van der Waals surface area contributed by atoms with Gasteiger partial charge in [0.1, 0.15) is 5.75 Å². The first-order chi connectivity index (χ1) is 13.5. The molecule has 1 aliphatic rings. The smallest absolute Gasteiger partial charge is 0.335 e. The largest absolute Gasteiger partial charge is 0.496 e. The van der Waals surface area contributed by atoms with Gasteiger partial charge in [-0.05, 0) is 55.0 Å². The van der Waals surface area contributed by atoms with E-state index in [1.165, 1.54) is 5.56 Å². The zero-order chi connectivity index (χ0) is 20.1. The summed E-state index contributed by atoms with van der Waals surface area (Å²) in [6, 6.07) is 13.0. The van der Waals surface area contributed by atoms with E-state index < -0.39 is 5.97 Å². The van der Waals surface area contributed by atoms with Crippen molar-refractivity contribution in [2.24, 2.45) is 5.92 Å². The van der Waals surface area contributed by atoms with Crippen molar-refractivity contribution in [3.05, 3.63) is 64.7 Å². The van der Waals surface area contributed by atoms with E-state index in [1.54, 1.807) is 25.3 Å². The second-order valence-electron chi connectivity index (χ2n) is 7.28. The molecule has 0 radical (unpaired) electrons. The molecule has 2 amide bonds. The number of likely N-dealkylation sites (tertiary alicyclic amines) is 1. The minimum absolute atomic E-state index is 0.0608.